The number of hydrogen-bond acceptors (Lipinski definition) is 2. The highest BCUT2D eigenvalue weighted by Crippen LogP contribution is 2.42. The van der Waals surface area contributed by atoms with Crippen molar-refractivity contribution in [3.8, 4) is 0 Å². The molecule has 1 aromatic rings. The average molecular weight is 291 g/mol. The van der Waals surface area contributed by atoms with E-state index >= 15 is 0 Å². The van der Waals surface area contributed by atoms with Gasteiger partial charge in [-0.15, -0.1) is 0 Å². The summed E-state index contributed by atoms with van der Waals surface area (Å²) in [5.74, 6) is 0.991. The number of hydrogen-bond donors (Lipinski definition) is 0. The maximum atomic E-state index is 12.8. The molecule has 0 spiro atoms. The van der Waals surface area contributed by atoms with Gasteiger partial charge in [-0.1, -0.05) is 30.7 Å². The number of nitrogens with zero attached hydrogens (tertiary/aromatic N) is 1. The summed E-state index contributed by atoms with van der Waals surface area (Å²) in [6, 6.07) is 7.15. The summed E-state index contributed by atoms with van der Waals surface area (Å²) >= 11 is 0. The van der Waals surface area contributed by atoms with E-state index in [4.69, 9.17) is 0 Å². The molecule has 0 amide bonds. The van der Waals surface area contributed by atoms with Crippen molar-refractivity contribution < 1.29 is 8.42 Å². The molecule has 0 bridgehead atoms. The molecule has 1 heterocycles. The van der Waals surface area contributed by atoms with Gasteiger partial charge in [0.2, 0.25) is 0 Å². The smallest absolute Gasteiger partial charge is 0.264 e. The molecule has 3 rings (SSSR count). The van der Waals surface area contributed by atoms with Gasteiger partial charge in [-0.2, -0.15) is 0 Å². The Morgan fingerprint density at radius 1 is 1.20 bits per heavy atom. The number of allylic oxidation sites excluding steroid dienone is 2. The molecule has 2 aliphatic rings. The third kappa shape index (κ3) is 2.16. The highest BCUT2D eigenvalue weighted by atomic mass is 32.2. The lowest BCUT2D eigenvalue weighted by atomic mass is 9.89. The Bertz CT molecular complexity index is 631. The van der Waals surface area contributed by atoms with Crippen LogP contribution < -0.4 is 0 Å². The van der Waals surface area contributed by atoms with Crippen LogP contribution in [0.1, 0.15) is 31.7 Å². The second-order valence-electron chi connectivity index (χ2n) is 5.98. The minimum absolute atomic E-state index is 0.407. The van der Waals surface area contributed by atoms with E-state index in [0.717, 1.165) is 30.5 Å². The first-order valence-electron chi connectivity index (χ1n) is 7.29. The van der Waals surface area contributed by atoms with Crippen molar-refractivity contribution in [2.75, 3.05) is 6.54 Å². The van der Waals surface area contributed by atoms with Gasteiger partial charge in [-0.25, -0.2) is 8.42 Å². The topological polar surface area (TPSA) is 37.4 Å². The van der Waals surface area contributed by atoms with Gasteiger partial charge in [0.25, 0.3) is 10.0 Å². The average Bonchev–Trinajstić information content (AvgIpc) is 2.81. The molecular formula is C16H21NO2S. The Morgan fingerprint density at radius 2 is 1.90 bits per heavy atom. The molecule has 3 nitrogen and oxygen atoms in total. The molecule has 2 atom stereocenters. The fourth-order valence-corrected chi connectivity index (χ4v) is 4.90. The van der Waals surface area contributed by atoms with Gasteiger partial charge in [0.05, 0.1) is 4.90 Å². The van der Waals surface area contributed by atoms with Gasteiger partial charge in [0.1, 0.15) is 0 Å². The lowest BCUT2D eigenvalue weighted by Crippen LogP contribution is -2.37. The molecule has 20 heavy (non-hydrogen) atoms. The van der Waals surface area contributed by atoms with E-state index in [1.54, 1.807) is 16.4 Å². The van der Waals surface area contributed by atoms with Crippen LogP contribution in [-0.4, -0.2) is 19.3 Å². The third-order valence-corrected chi connectivity index (χ3v) is 6.38. The zero-order valence-corrected chi connectivity index (χ0v) is 12.9. The maximum absolute atomic E-state index is 12.8. The van der Waals surface area contributed by atoms with Gasteiger partial charge >= 0.3 is 0 Å². The third-order valence-electron chi connectivity index (χ3n) is 4.54. The quantitative estimate of drug-likeness (QED) is 0.838. The molecule has 1 saturated heterocycles. The molecule has 0 aromatic heterocycles. The van der Waals surface area contributed by atoms with Crippen molar-refractivity contribution in [1.29, 1.82) is 0 Å². The van der Waals surface area contributed by atoms with Crippen LogP contribution in [0.4, 0.5) is 0 Å². The molecule has 0 radical (unpaired) electrons. The Kier molecular flexibility index (Phi) is 3.36. The van der Waals surface area contributed by atoms with E-state index in [2.05, 4.69) is 13.0 Å². The molecule has 1 aliphatic carbocycles. The molecule has 0 saturated carbocycles. The molecule has 4 heteroatoms. The molecule has 1 aromatic carbocycles. The van der Waals surface area contributed by atoms with Crippen LogP contribution in [0, 0.1) is 18.8 Å². The summed E-state index contributed by atoms with van der Waals surface area (Å²) in [7, 11) is -3.39. The van der Waals surface area contributed by atoms with E-state index in [1.165, 1.54) is 0 Å². The fourth-order valence-electron chi connectivity index (χ4n) is 3.31. The number of rotatable bonds is 2. The van der Waals surface area contributed by atoms with Crippen molar-refractivity contribution in [2.24, 2.45) is 11.8 Å². The van der Waals surface area contributed by atoms with E-state index < -0.39 is 10.0 Å². The predicted molar refractivity (Wildman–Crippen MR) is 79.7 cm³/mol. The van der Waals surface area contributed by atoms with Crippen molar-refractivity contribution in [2.45, 2.75) is 38.0 Å². The predicted octanol–water partition coefficient (Wildman–Crippen LogP) is 3.32. The number of benzene rings is 1. The Labute approximate surface area is 121 Å². The van der Waals surface area contributed by atoms with Crippen LogP contribution in [0.5, 0.6) is 0 Å². The number of sulfonamides is 1. The maximum Gasteiger partial charge on any atom is 0.264 e. The fraction of sp³-hybridized carbons (Fsp3) is 0.500. The number of fused-ring (bicyclic) bond motifs is 1. The van der Waals surface area contributed by atoms with Crippen molar-refractivity contribution in [1.82, 2.24) is 4.31 Å². The zero-order valence-electron chi connectivity index (χ0n) is 12.0. The van der Waals surface area contributed by atoms with E-state index in [1.807, 2.05) is 19.1 Å². The van der Waals surface area contributed by atoms with E-state index in [9.17, 15) is 8.42 Å². The van der Waals surface area contributed by atoms with Crippen molar-refractivity contribution >= 4 is 10.0 Å². The molecule has 2 unspecified atom stereocenters. The Morgan fingerprint density at radius 3 is 2.60 bits per heavy atom. The normalized spacial score (nSPS) is 26.3. The van der Waals surface area contributed by atoms with Gasteiger partial charge in [-0.3, -0.25) is 4.31 Å². The first-order chi connectivity index (χ1) is 9.50. The highest BCUT2D eigenvalue weighted by molar-refractivity contribution is 7.89. The molecular weight excluding hydrogens is 270 g/mol. The summed E-state index contributed by atoms with van der Waals surface area (Å²) in [5.41, 5.74) is 2.11. The molecule has 1 aliphatic heterocycles. The van der Waals surface area contributed by atoms with Crippen LogP contribution >= 0.6 is 0 Å². The van der Waals surface area contributed by atoms with Crippen LogP contribution in [0.3, 0.4) is 0 Å². The number of aryl methyl sites for hydroxylation is 1. The van der Waals surface area contributed by atoms with Gasteiger partial charge < -0.3 is 0 Å². The first-order valence-corrected chi connectivity index (χ1v) is 8.73. The van der Waals surface area contributed by atoms with Gasteiger partial charge in [-0.05, 0) is 44.2 Å². The lowest BCUT2D eigenvalue weighted by Gasteiger charge is -2.35. The standard InChI is InChI=1S/C16H21NO2S/c1-12-5-8-14(9-6-12)20(18,19)17-11-3-4-15-13(2)7-10-16(15)17/h5-6,8-10,13,15H,3-4,7,11H2,1-2H3. The van der Waals surface area contributed by atoms with E-state index in [-0.39, 0.29) is 0 Å². The molecule has 1 fully saturated rings. The second-order valence-corrected chi connectivity index (χ2v) is 7.84. The highest BCUT2D eigenvalue weighted by Gasteiger charge is 2.38. The molecule has 108 valence electrons. The summed E-state index contributed by atoms with van der Waals surface area (Å²) in [6.07, 6.45) is 5.20. The lowest BCUT2D eigenvalue weighted by molar-refractivity contribution is 0.295. The zero-order chi connectivity index (χ0) is 14.3. The number of piperidine rings is 1. The summed E-state index contributed by atoms with van der Waals surface area (Å²) < 4.78 is 27.3. The van der Waals surface area contributed by atoms with Crippen molar-refractivity contribution in [3.63, 3.8) is 0 Å². The van der Waals surface area contributed by atoms with Crippen molar-refractivity contribution in [3.05, 3.63) is 41.6 Å². The minimum atomic E-state index is -3.39. The first kappa shape index (κ1) is 13.7. The molecule has 0 N–H and O–H groups in total. The van der Waals surface area contributed by atoms with Crippen LogP contribution in [0.25, 0.3) is 0 Å². The second kappa shape index (κ2) is 4.92. The SMILES string of the molecule is Cc1ccc(S(=O)(=O)N2CCCC3C2=CCC3C)cc1. The van der Waals surface area contributed by atoms with Gasteiger partial charge in [0, 0.05) is 18.2 Å². The Balaban J connectivity index is 1.97. The van der Waals surface area contributed by atoms with Crippen LogP contribution in [0.2, 0.25) is 0 Å². The van der Waals surface area contributed by atoms with Crippen LogP contribution in [-0.2, 0) is 10.0 Å². The summed E-state index contributed by atoms with van der Waals surface area (Å²) in [5, 5.41) is 0. The monoisotopic (exact) mass is 291 g/mol. The largest absolute Gasteiger partial charge is 0.270 e. The minimum Gasteiger partial charge on any atom is -0.270 e. The summed E-state index contributed by atoms with van der Waals surface area (Å²) in [4.78, 5) is 0.407. The van der Waals surface area contributed by atoms with E-state index in [0.29, 0.717) is 23.3 Å². The van der Waals surface area contributed by atoms with Gasteiger partial charge in [0.15, 0.2) is 0 Å². The Hall–Kier alpha value is -1.29. The summed E-state index contributed by atoms with van der Waals surface area (Å²) in [6.45, 7) is 4.80. The van der Waals surface area contributed by atoms with Crippen LogP contribution in [0.15, 0.2) is 40.9 Å².